The molecule has 0 saturated heterocycles. The minimum absolute atomic E-state index is 0.173. The zero-order valence-electron chi connectivity index (χ0n) is 11.5. The number of fused-ring (bicyclic) bond motifs is 1. The number of benzene rings is 1. The lowest BCUT2D eigenvalue weighted by Gasteiger charge is -2.22. The molecular weight excluding hydrogens is 242 g/mol. The van der Waals surface area contributed by atoms with Crippen molar-refractivity contribution < 1.29 is 4.42 Å². The SMILES string of the molecule is CC(C)(CN)CCNCc1ccc2oc(=O)[nH]c2c1. The molecule has 1 aromatic heterocycles. The first-order valence-corrected chi connectivity index (χ1v) is 6.53. The molecule has 0 spiro atoms. The molecule has 0 atom stereocenters. The largest absolute Gasteiger partial charge is 0.417 e. The van der Waals surface area contributed by atoms with Gasteiger partial charge < -0.3 is 15.5 Å². The molecule has 5 heteroatoms. The van der Waals surface area contributed by atoms with Crippen LogP contribution in [0.5, 0.6) is 0 Å². The normalized spacial score (nSPS) is 12.2. The third-order valence-electron chi connectivity index (χ3n) is 3.34. The van der Waals surface area contributed by atoms with Crippen molar-refractivity contribution in [2.75, 3.05) is 13.1 Å². The zero-order valence-corrected chi connectivity index (χ0v) is 11.5. The van der Waals surface area contributed by atoms with Crippen molar-refractivity contribution in [2.24, 2.45) is 11.1 Å². The summed E-state index contributed by atoms with van der Waals surface area (Å²) in [5.41, 5.74) is 8.32. The summed E-state index contributed by atoms with van der Waals surface area (Å²) in [5, 5.41) is 3.39. The van der Waals surface area contributed by atoms with Crippen LogP contribution in [0.3, 0.4) is 0 Å². The third-order valence-corrected chi connectivity index (χ3v) is 3.34. The van der Waals surface area contributed by atoms with Gasteiger partial charge in [-0.2, -0.15) is 0 Å². The molecule has 0 unspecified atom stereocenters. The topological polar surface area (TPSA) is 84.0 Å². The van der Waals surface area contributed by atoms with E-state index < -0.39 is 5.76 Å². The van der Waals surface area contributed by atoms with Crippen molar-refractivity contribution in [3.8, 4) is 0 Å². The molecule has 0 bridgehead atoms. The Bertz CT molecular complexity index is 598. The third kappa shape index (κ3) is 3.68. The van der Waals surface area contributed by atoms with Crippen LogP contribution in [0.15, 0.2) is 27.4 Å². The molecule has 0 amide bonds. The van der Waals surface area contributed by atoms with E-state index in [1.54, 1.807) is 0 Å². The molecule has 2 aromatic rings. The first-order valence-electron chi connectivity index (χ1n) is 6.53. The first-order chi connectivity index (χ1) is 9.00. The summed E-state index contributed by atoms with van der Waals surface area (Å²) in [6, 6.07) is 5.70. The standard InChI is InChI=1S/C14H21N3O2/c1-14(2,9-15)5-6-16-8-10-3-4-12-11(7-10)17-13(18)19-12/h3-4,7,16H,5-6,8-9,15H2,1-2H3,(H,17,18). The highest BCUT2D eigenvalue weighted by atomic mass is 16.4. The van der Waals surface area contributed by atoms with E-state index in [-0.39, 0.29) is 5.41 Å². The monoisotopic (exact) mass is 263 g/mol. The van der Waals surface area contributed by atoms with E-state index in [1.807, 2.05) is 18.2 Å². The molecule has 2 rings (SSSR count). The lowest BCUT2D eigenvalue weighted by molar-refractivity contribution is 0.339. The molecule has 1 aromatic carbocycles. The van der Waals surface area contributed by atoms with Gasteiger partial charge in [0.05, 0.1) is 5.52 Å². The van der Waals surface area contributed by atoms with Crippen LogP contribution in [0.25, 0.3) is 11.1 Å². The Morgan fingerprint density at radius 3 is 2.95 bits per heavy atom. The molecule has 0 radical (unpaired) electrons. The number of nitrogens with one attached hydrogen (secondary N) is 2. The van der Waals surface area contributed by atoms with E-state index in [4.69, 9.17) is 10.2 Å². The van der Waals surface area contributed by atoms with Gasteiger partial charge in [0.1, 0.15) is 0 Å². The average molecular weight is 263 g/mol. The van der Waals surface area contributed by atoms with E-state index in [1.165, 1.54) is 0 Å². The number of rotatable bonds is 6. The van der Waals surface area contributed by atoms with E-state index in [2.05, 4.69) is 24.1 Å². The van der Waals surface area contributed by atoms with Crippen LogP contribution in [-0.4, -0.2) is 18.1 Å². The van der Waals surface area contributed by atoms with E-state index in [0.717, 1.165) is 30.6 Å². The van der Waals surface area contributed by atoms with Crippen LogP contribution >= 0.6 is 0 Å². The number of nitrogens with two attached hydrogens (primary N) is 1. The number of aromatic amines is 1. The molecule has 0 aliphatic heterocycles. The Morgan fingerprint density at radius 1 is 1.42 bits per heavy atom. The van der Waals surface area contributed by atoms with Crippen LogP contribution in [0.2, 0.25) is 0 Å². The van der Waals surface area contributed by atoms with Gasteiger partial charge in [-0.1, -0.05) is 19.9 Å². The number of hydrogen-bond acceptors (Lipinski definition) is 4. The molecular formula is C14H21N3O2. The lowest BCUT2D eigenvalue weighted by Crippen LogP contribution is -2.28. The fraction of sp³-hybridized carbons (Fsp3) is 0.500. The lowest BCUT2D eigenvalue weighted by atomic mass is 9.90. The van der Waals surface area contributed by atoms with Crippen molar-refractivity contribution in [3.63, 3.8) is 0 Å². The van der Waals surface area contributed by atoms with Crippen molar-refractivity contribution >= 4 is 11.1 Å². The fourth-order valence-corrected chi connectivity index (χ4v) is 1.87. The summed E-state index contributed by atoms with van der Waals surface area (Å²) in [7, 11) is 0. The van der Waals surface area contributed by atoms with Gasteiger partial charge in [0.15, 0.2) is 5.58 Å². The Morgan fingerprint density at radius 2 is 2.21 bits per heavy atom. The smallest absolute Gasteiger partial charge is 0.408 e. The molecule has 1 heterocycles. The average Bonchev–Trinajstić information content (AvgIpc) is 2.74. The number of hydrogen-bond donors (Lipinski definition) is 3. The van der Waals surface area contributed by atoms with E-state index >= 15 is 0 Å². The zero-order chi connectivity index (χ0) is 13.9. The first kappa shape index (κ1) is 13.8. The van der Waals surface area contributed by atoms with E-state index in [9.17, 15) is 4.79 Å². The Hall–Kier alpha value is -1.59. The molecule has 0 fully saturated rings. The van der Waals surface area contributed by atoms with Gasteiger partial charge in [-0.25, -0.2) is 4.79 Å². The molecule has 19 heavy (non-hydrogen) atoms. The van der Waals surface area contributed by atoms with Crippen molar-refractivity contribution in [1.82, 2.24) is 10.3 Å². The Balaban J connectivity index is 1.89. The van der Waals surface area contributed by atoms with Crippen LogP contribution in [0.4, 0.5) is 0 Å². The highest BCUT2D eigenvalue weighted by molar-refractivity contribution is 5.72. The van der Waals surface area contributed by atoms with Gasteiger partial charge in [0.25, 0.3) is 0 Å². The summed E-state index contributed by atoms with van der Waals surface area (Å²) in [6.07, 6.45) is 1.04. The van der Waals surface area contributed by atoms with Crippen molar-refractivity contribution in [2.45, 2.75) is 26.8 Å². The molecule has 0 saturated carbocycles. The van der Waals surface area contributed by atoms with Crippen LogP contribution < -0.4 is 16.8 Å². The van der Waals surface area contributed by atoms with Gasteiger partial charge in [-0.05, 0) is 42.6 Å². The quantitative estimate of drug-likeness (QED) is 0.691. The molecule has 4 N–H and O–H groups in total. The molecule has 104 valence electrons. The molecule has 5 nitrogen and oxygen atoms in total. The second kappa shape index (κ2) is 5.59. The maximum absolute atomic E-state index is 11.1. The summed E-state index contributed by atoms with van der Waals surface area (Å²) in [4.78, 5) is 13.7. The summed E-state index contributed by atoms with van der Waals surface area (Å²) in [6.45, 7) is 6.71. The fourth-order valence-electron chi connectivity index (χ4n) is 1.87. The van der Waals surface area contributed by atoms with E-state index in [0.29, 0.717) is 12.1 Å². The van der Waals surface area contributed by atoms with Gasteiger partial charge in [0, 0.05) is 6.54 Å². The predicted molar refractivity (Wildman–Crippen MR) is 76.0 cm³/mol. The summed E-state index contributed by atoms with van der Waals surface area (Å²) >= 11 is 0. The number of H-pyrrole nitrogens is 1. The highest BCUT2D eigenvalue weighted by Gasteiger charge is 2.14. The van der Waals surface area contributed by atoms with Gasteiger partial charge in [0.2, 0.25) is 0 Å². The summed E-state index contributed by atoms with van der Waals surface area (Å²) < 4.78 is 4.96. The van der Waals surface area contributed by atoms with Crippen molar-refractivity contribution in [1.29, 1.82) is 0 Å². The maximum Gasteiger partial charge on any atom is 0.417 e. The highest BCUT2D eigenvalue weighted by Crippen LogP contribution is 2.17. The van der Waals surface area contributed by atoms with Crippen LogP contribution in [-0.2, 0) is 6.54 Å². The minimum atomic E-state index is -0.412. The molecule has 0 aliphatic rings. The predicted octanol–water partition coefficient (Wildman–Crippen LogP) is 1.59. The Kier molecular flexibility index (Phi) is 4.07. The van der Waals surface area contributed by atoms with Crippen molar-refractivity contribution in [3.05, 3.63) is 34.3 Å². The number of oxazole rings is 1. The minimum Gasteiger partial charge on any atom is -0.408 e. The van der Waals surface area contributed by atoms with Gasteiger partial charge >= 0.3 is 5.76 Å². The molecule has 0 aliphatic carbocycles. The second-order valence-corrected chi connectivity index (χ2v) is 5.64. The van der Waals surface area contributed by atoms with Crippen LogP contribution in [0.1, 0.15) is 25.8 Å². The van der Waals surface area contributed by atoms with Gasteiger partial charge in [-0.3, -0.25) is 4.98 Å². The van der Waals surface area contributed by atoms with Gasteiger partial charge in [-0.15, -0.1) is 0 Å². The maximum atomic E-state index is 11.1. The number of aromatic nitrogens is 1. The van der Waals surface area contributed by atoms with Crippen LogP contribution in [0, 0.1) is 5.41 Å². The Labute approximate surface area is 112 Å². The second-order valence-electron chi connectivity index (χ2n) is 5.64. The summed E-state index contributed by atoms with van der Waals surface area (Å²) in [5.74, 6) is -0.412.